The van der Waals surface area contributed by atoms with E-state index in [0.29, 0.717) is 13.0 Å². The summed E-state index contributed by atoms with van der Waals surface area (Å²) < 4.78 is 5.13. The van der Waals surface area contributed by atoms with Crippen LogP contribution in [-0.4, -0.2) is 22.6 Å². The van der Waals surface area contributed by atoms with Gasteiger partial charge in [-0.25, -0.2) is 9.78 Å². The molecule has 0 aliphatic heterocycles. The fourth-order valence-corrected chi connectivity index (χ4v) is 2.22. The summed E-state index contributed by atoms with van der Waals surface area (Å²) in [5.74, 6) is 6.13. The van der Waals surface area contributed by atoms with Gasteiger partial charge in [0.05, 0.1) is 5.56 Å². The second-order valence-electron chi connectivity index (χ2n) is 5.14. The normalized spacial score (nSPS) is 10.0. The van der Waals surface area contributed by atoms with Crippen LogP contribution in [-0.2, 0) is 11.3 Å². The monoisotopic (exact) mass is 319 g/mol. The summed E-state index contributed by atoms with van der Waals surface area (Å²) in [6, 6.07) is 13.4. The van der Waals surface area contributed by atoms with Gasteiger partial charge in [0.2, 0.25) is 0 Å². The Morgan fingerprint density at radius 1 is 1.21 bits per heavy atom. The first-order chi connectivity index (χ1) is 11.8. The van der Waals surface area contributed by atoms with Crippen LogP contribution in [0.4, 0.5) is 4.79 Å². The Hall–Kier alpha value is -3.26. The van der Waals surface area contributed by atoms with E-state index in [0.717, 1.165) is 22.2 Å². The van der Waals surface area contributed by atoms with E-state index in [1.54, 1.807) is 6.20 Å². The maximum atomic E-state index is 11.6. The zero-order chi connectivity index (χ0) is 16.6. The molecule has 120 valence electrons. The lowest BCUT2D eigenvalue weighted by atomic mass is 10.2. The molecule has 0 radical (unpaired) electrons. The number of pyridine rings is 1. The Balaban J connectivity index is 1.42. The summed E-state index contributed by atoms with van der Waals surface area (Å²) in [5.41, 5.74) is 2.69. The molecule has 0 aliphatic carbocycles. The molecule has 0 aliphatic rings. The Bertz CT molecular complexity index is 876. The highest BCUT2D eigenvalue weighted by molar-refractivity contribution is 5.82. The molecule has 1 aromatic carbocycles. The number of H-pyrrole nitrogens is 1. The predicted molar refractivity (Wildman–Crippen MR) is 92.2 cm³/mol. The molecule has 0 saturated carbocycles. The van der Waals surface area contributed by atoms with E-state index in [1.807, 2.05) is 48.7 Å². The third-order valence-electron chi connectivity index (χ3n) is 3.41. The lowest BCUT2D eigenvalue weighted by Gasteiger charge is -2.05. The zero-order valence-electron chi connectivity index (χ0n) is 13.1. The molecule has 2 heterocycles. The molecule has 1 amide bonds. The number of benzene rings is 1. The van der Waals surface area contributed by atoms with Crippen molar-refractivity contribution >= 4 is 17.1 Å². The van der Waals surface area contributed by atoms with Crippen LogP contribution in [0, 0.1) is 11.8 Å². The Morgan fingerprint density at radius 2 is 2.08 bits per heavy atom. The molecule has 3 aromatic rings. The average molecular weight is 319 g/mol. The smallest absolute Gasteiger partial charge is 0.407 e. The van der Waals surface area contributed by atoms with E-state index in [4.69, 9.17) is 4.74 Å². The first-order valence-corrected chi connectivity index (χ1v) is 7.68. The molecule has 0 spiro atoms. The van der Waals surface area contributed by atoms with E-state index in [9.17, 15) is 4.79 Å². The van der Waals surface area contributed by atoms with Gasteiger partial charge in [-0.3, -0.25) is 0 Å². The molecule has 5 heteroatoms. The number of nitrogens with one attached hydrogen (secondary N) is 2. The van der Waals surface area contributed by atoms with E-state index >= 15 is 0 Å². The van der Waals surface area contributed by atoms with Crippen LogP contribution in [0.3, 0.4) is 0 Å². The lowest BCUT2D eigenvalue weighted by Crippen LogP contribution is -2.24. The van der Waals surface area contributed by atoms with E-state index in [1.165, 1.54) is 0 Å². The van der Waals surface area contributed by atoms with Gasteiger partial charge in [-0.1, -0.05) is 42.2 Å². The second-order valence-corrected chi connectivity index (χ2v) is 5.14. The van der Waals surface area contributed by atoms with Crippen LogP contribution in [0.1, 0.15) is 17.5 Å². The summed E-state index contributed by atoms with van der Waals surface area (Å²) >= 11 is 0. The largest absolute Gasteiger partial charge is 0.445 e. The quantitative estimate of drug-likeness (QED) is 0.573. The van der Waals surface area contributed by atoms with Crippen molar-refractivity contribution in [3.63, 3.8) is 0 Å². The minimum absolute atomic E-state index is 0.265. The van der Waals surface area contributed by atoms with Gasteiger partial charge in [0, 0.05) is 30.7 Å². The van der Waals surface area contributed by atoms with E-state index in [-0.39, 0.29) is 6.61 Å². The van der Waals surface area contributed by atoms with Crippen molar-refractivity contribution in [1.82, 2.24) is 15.3 Å². The average Bonchev–Trinajstić information content (AvgIpc) is 3.04. The second kappa shape index (κ2) is 7.84. The summed E-state index contributed by atoms with van der Waals surface area (Å²) in [5, 5.41) is 3.69. The summed E-state index contributed by atoms with van der Waals surface area (Å²) in [6.45, 7) is 0.710. The first-order valence-electron chi connectivity index (χ1n) is 7.68. The highest BCUT2D eigenvalue weighted by Crippen LogP contribution is 2.13. The van der Waals surface area contributed by atoms with Crippen LogP contribution in [0.2, 0.25) is 0 Å². The van der Waals surface area contributed by atoms with Crippen molar-refractivity contribution < 1.29 is 9.53 Å². The molecular weight excluding hydrogens is 302 g/mol. The van der Waals surface area contributed by atoms with Gasteiger partial charge in [0.1, 0.15) is 12.3 Å². The van der Waals surface area contributed by atoms with Crippen molar-refractivity contribution in [3.8, 4) is 11.8 Å². The molecular formula is C19H17N3O2. The van der Waals surface area contributed by atoms with E-state index in [2.05, 4.69) is 27.1 Å². The molecule has 24 heavy (non-hydrogen) atoms. The number of rotatable bonds is 4. The number of aromatic nitrogens is 2. The highest BCUT2D eigenvalue weighted by Gasteiger charge is 2.01. The summed E-state index contributed by atoms with van der Waals surface area (Å²) in [4.78, 5) is 18.9. The fourth-order valence-electron chi connectivity index (χ4n) is 2.22. The topological polar surface area (TPSA) is 67.0 Å². The van der Waals surface area contributed by atoms with Crippen molar-refractivity contribution in [3.05, 3.63) is 66.0 Å². The van der Waals surface area contributed by atoms with Crippen LogP contribution in [0.5, 0.6) is 0 Å². The van der Waals surface area contributed by atoms with Crippen LogP contribution < -0.4 is 5.32 Å². The number of alkyl carbamates (subject to hydrolysis) is 1. The zero-order valence-corrected chi connectivity index (χ0v) is 13.1. The number of amides is 1. The number of aromatic amines is 1. The highest BCUT2D eigenvalue weighted by atomic mass is 16.5. The van der Waals surface area contributed by atoms with Crippen molar-refractivity contribution in [2.24, 2.45) is 0 Å². The number of fused-ring (bicyclic) bond motifs is 1. The molecule has 5 nitrogen and oxygen atoms in total. The Labute approximate surface area is 140 Å². The third-order valence-corrected chi connectivity index (χ3v) is 3.41. The number of nitrogens with zero attached hydrogens (tertiary/aromatic N) is 1. The molecule has 0 atom stereocenters. The number of hydrogen-bond acceptors (Lipinski definition) is 3. The SMILES string of the molecule is O=C(NCCC#Cc1c[nH]c2ncccc12)OCc1ccccc1. The number of carbonyl (C=O) groups excluding carboxylic acids is 1. The summed E-state index contributed by atoms with van der Waals surface area (Å²) in [7, 11) is 0. The van der Waals surface area contributed by atoms with Crippen molar-refractivity contribution in [2.75, 3.05) is 6.54 Å². The van der Waals surface area contributed by atoms with Gasteiger partial charge in [0.25, 0.3) is 0 Å². The van der Waals surface area contributed by atoms with Gasteiger partial charge in [0.15, 0.2) is 0 Å². The van der Waals surface area contributed by atoms with Gasteiger partial charge < -0.3 is 15.0 Å². The van der Waals surface area contributed by atoms with Gasteiger partial charge in [-0.05, 0) is 17.7 Å². The maximum Gasteiger partial charge on any atom is 0.407 e. The molecule has 0 unspecified atom stereocenters. The molecule has 0 bridgehead atoms. The first kappa shape index (κ1) is 15.6. The van der Waals surface area contributed by atoms with Crippen LogP contribution in [0.25, 0.3) is 11.0 Å². The molecule has 0 saturated heterocycles. The number of hydrogen-bond donors (Lipinski definition) is 2. The van der Waals surface area contributed by atoms with Crippen LogP contribution >= 0.6 is 0 Å². The van der Waals surface area contributed by atoms with E-state index < -0.39 is 6.09 Å². The molecule has 2 aromatic heterocycles. The maximum absolute atomic E-state index is 11.6. The fraction of sp³-hybridized carbons (Fsp3) is 0.158. The predicted octanol–water partition coefficient (Wildman–Crippen LogP) is 3.23. The van der Waals surface area contributed by atoms with Gasteiger partial charge >= 0.3 is 6.09 Å². The minimum Gasteiger partial charge on any atom is -0.445 e. The van der Waals surface area contributed by atoms with Crippen LogP contribution in [0.15, 0.2) is 54.9 Å². The van der Waals surface area contributed by atoms with Crippen molar-refractivity contribution in [2.45, 2.75) is 13.0 Å². The Morgan fingerprint density at radius 3 is 2.96 bits per heavy atom. The summed E-state index contributed by atoms with van der Waals surface area (Å²) in [6.07, 6.45) is 3.69. The Kier molecular flexibility index (Phi) is 5.10. The lowest BCUT2D eigenvalue weighted by molar-refractivity contribution is 0.140. The third kappa shape index (κ3) is 4.14. The minimum atomic E-state index is -0.433. The van der Waals surface area contributed by atoms with Crippen molar-refractivity contribution in [1.29, 1.82) is 0 Å². The van der Waals surface area contributed by atoms with Gasteiger partial charge in [-0.15, -0.1) is 0 Å². The van der Waals surface area contributed by atoms with Gasteiger partial charge in [-0.2, -0.15) is 0 Å². The molecule has 2 N–H and O–H groups in total. The number of ether oxygens (including phenoxy) is 1. The molecule has 0 fully saturated rings. The number of carbonyl (C=O) groups is 1. The standard InChI is InChI=1S/C19H17N3O2/c23-19(24-14-15-7-2-1-3-8-15)21-11-5-4-9-16-13-22-18-17(16)10-6-12-20-18/h1-3,6-8,10,12-13H,5,11,14H2,(H,20,22)(H,21,23). The molecule has 3 rings (SSSR count).